The van der Waals surface area contributed by atoms with Gasteiger partial charge >= 0.3 is 0 Å². The second-order valence-electron chi connectivity index (χ2n) is 8.27. The fourth-order valence-corrected chi connectivity index (χ4v) is 4.34. The molecule has 0 saturated carbocycles. The summed E-state index contributed by atoms with van der Waals surface area (Å²) in [6.07, 6.45) is 7.27. The Kier molecular flexibility index (Phi) is 4.98. The van der Waals surface area contributed by atoms with Gasteiger partial charge in [0.25, 0.3) is 0 Å². The molecule has 5 rings (SSSR count). The Morgan fingerprint density at radius 2 is 1.97 bits per heavy atom. The van der Waals surface area contributed by atoms with Gasteiger partial charge in [-0.05, 0) is 37.1 Å². The third-order valence-corrected chi connectivity index (χ3v) is 6.24. The van der Waals surface area contributed by atoms with Gasteiger partial charge in [-0.15, -0.1) is 0 Å². The van der Waals surface area contributed by atoms with Crippen LogP contribution >= 0.6 is 0 Å². The maximum absolute atomic E-state index is 11.6. The van der Waals surface area contributed by atoms with Crippen molar-refractivity contribution in [1.82, 2.24) is 19.7 Å². The zero-order valence-corrected chi connectivity index (χ0v) is 18.2. The SMILES string of the molecule is CC(=O)N1CCC(n2cc(-c3cnc(N)c4oc(-c5ccc(N)c(C#N)c5)cc34)cn2)CC1. The lowest BCUT2D eigenvalue weighted by molar-refractivity contribution is -0.130. The molecule has 0 bridgehead atoms. The third-order valence-electron chi connectivity index (χ3n) is 6.24. The summed E-state index contributed by atoms with van der Waals surface area (Å²) >= 11 is 0. The second kappa shape index (κ2) is 7.98. The van der Waals surface area contributed by atoms with E-state index < -0.39 is 0 Å². The van der Waals surface area contributed by atoms with Crippen molar-refractivity contribution >= 4 is 28.4 Å². The number of rotatable bonds is 3. The number of nitrogen functional groups attached to an aromatic ring is 2. The maximum atomic E-state index is 11.6. The van der Waals surface area contributed by atoms with Crippen LogP contribution in [0.4, 0.5) is 11.5 Å². The molecular weight excluding hydrogens is 418 g/mol. The van der Waals surface area contributed by atoms with E-state index in [0.717, 1.165) is 48.0 Å². The van der Waals surface area contributed by atoms with E-state index in [4.69, 9.17) is 15.9 Å². The number of furan rings is 1. The van der Waals surface area contributed by atoms with Gasteiger partial charge in [0.15, 0.2) is 11.4 Å². The molecule has 4 N–H and O–H groups in total. The minimum absolute atomic E-state index is 0.115. The standard InChI is InChI=1S/C24H23N7O2/c1-14(32)30-6-4-18(5-7-30)31-13-17(11-29-31)20-12-28-24(27)23-19(20)9-22(33-23)15-2-3-21(26)16(8-15)10-25/h2-3,8-9,11-13,18H,4-7,26H2,1H3,(H2,27,28). The van der Waals surface area contributed by atoms with Crippen molar-refractivity contribution in [2.45, 2.75) is 25.8 Å². The number of nitrogens with two attached hydrogens (primary N) is 2. The number of amides is 1. The fourth-order valence-electron chi connectivity index (χ4n) is 4.34. The smallest absolute Gasteiger partial charge is 0.219 e. The van der Waals surface area contributed by atoms with Gasteiger partial charge in [-0.2, -0.15) is 10.4 Å². The molecule has 1 amide bonds. The summed E-state index contributed by atoms with van der Waals surface area (Å²) in [6, 6.07) is 9.43. The first-order chi connectivity index (χ1) is 15.9. The first-order valence-electron chi connectivity index (χ1n) is 10.7. The van der Waals surface area contributed by atoms with E-state index in [1.807, 2.05) is 34.1 Å². The van der Waals surface area contributed by atoms with E-state index in [2.05, 4.69) is 16.2 Å². The van der Waals surface area contributed by atoms with Gasteiger partial charge in [0.1, 0.15) is 11.8 Å². The van der Waals surface area contributed by atoms with Crippen LogP contribution in [0.2, 0.25) is 0 Å². The van der Waals surface area contributed by atoms with Gasteiger partial charge < -0.3 is 20.8 Å². The third kappa shape index (κ3) is 3.65. The Balaban J connectivity index is 1.49. The van der Waals surface area contributed by atoms with Crippen molar-refractivity contribution in [3.63, 3.8) is 0 Å². The van der Waals surface area contributed by atoms with Crippen LogP contribution < -0.4 is 11.5 Å². The highest BCUT2D eigenvalue weighted by Crippen LogP contribution is 2.37. The zero-order chi connectivity index (χ0) is 23.1. The molecule has 0 spiro atoms. The van der Waals surface area contributed by atoms with E-state index in [0.29, 0.717) is 28.4 Å². The number of fused-ring (bicyclic) bond motifs is 1. The van der Waals surface area contributed by atoms with Crippen LogP contribution in [0.15, 0.2) is 47.3 Å². The molecule has 1 fully saturated rings. The summed E-state index contributed by atoms with van der Waals surface area (Å²) in [5, 5.41) is 14.7. The quantitative estimate of drug-likeness (QED) is 0.463. The number of likely N-dealkylation sites (tertiary alicyclic amines) is 1. The van der Waals surface area contributed by atoms with Crippen molar-refractivity contribution in [1.29, 1.82) is 5.26 Å². The average molecular weight is 441 g/mol. The number of carbonyl (C=O) groups excluding carboxylic acids is 1. The monoisotopic (exact) mass is 441 g/mol. The molecule has 3 aromatic heterocycles. The Morgan fingerprint density at radius 3 is 2.70 bits per heavy atom. The summed E-state index contributed by atoms with van der Waals surface area (Å²) in [5.74, 6) is 0.982. The van der Waals surface area contributed by atoms with Crippen LogP contribution in [-0.2, 0) is 4.79 Å². The van der Waals surface area contributed by atoms with Crippen LogP contribution in [-0.4, -0.2) is 38.7 Å². The van der Waals surface area contributed by atoms with Crippen molar-refractivity contribution in [2.24, 2.45) is 0 Å². The van der Waals surface area contributed by atoms with Crippen molar-refractivity contribution in [3.05, 3.63) is 48.4 Å². The molecule has 9 nitrogen and oxygen atoms in total. The summed E-state index contributed by atoms with van der Waals surface area (Å²) in [4.78, 5) is 17.8. The summed E-state index contributed by atoms with van der Waals surface area (Å²) in [6.45, 7) is 3.08. The van der Waals surface area contributed by atoms with Gasteiger partial charge in [0, 0.05) is 60.2 Å². The number of hydrogen-bond donors (Lipinski definition) is 2. The molecule has 9 heteroatoms. The fraction of sp³-hybridized carbons (Fsp3) is 0.250. The molecule has 1 aliphatic heterocycles. The van der Waals surface area contributed by atoms with Crippen molar-refractivity contribution in [3.8, 4) is 28.5 Å². The molecule has 4 heterocycles. The first-order valence-corrected chi connectivity index (χ1v) is 10.7. The van der Waals surface area contributed by atoms with Crippen LogP contribution in [0.1, 0.15) is 31.4 Å². The lowest BCUT2D eigenvalue weighted by Gasteiger charge is -2.31. The number of pyridine rings is 1. The van der Waals surface area contributed by atoms with Gasteiger partial charge in [-0.1, -0.05) is 0 Å². The lowest BCUT2D eigenvalue weighted by atomic mass is 10.0. The Morgan fingerprint density at radius 1 is 1.18 bits per heavy atom. The molecule has 0 aliphatic carbocycles. The van der Waals surface area contributed by atoms with Gasteiger partial charge in [0.05, 0.1) is 17.8 Å². The Labute approximate surface area is 190 Å². The normalized spacial score (nSPS) is 14.5. The molecule has 33 heavy (non-hydrogen) atoms. The minimum Gasteiger partial charge on any atom is -0.452 e. The maximum Gasteiger partial charge on any atom is 0.219 e. The molecule has 1 saturated heterocycles. The summed E-state index contributed by atoms with van der Waals surface area (Å²) < 4.78 is 8.01. The highest BCUT2D eigenvalue weighted by molar-refractivity contribution is 6.00. The number of hydrogen-bond acceptors (Lipinski definition) is 7. The van der Waals surface area contributed by atoms with Gasteiger partial charge in [-0.25, -0.2) is 4.98 Å². The predicted octanol–water partition coefficient (Wildman–Crippen LogP) is 3.58. The van der Waals surface area contributed by atoms with Crippen molar-refractivity contribution in [2.75, 3.05) is 24.6 Å². The number of piperidine rings is 1. The number of nitriles is 1. The van der Waals surface area contributed by atoms with Crippen LogP contribution in [0.25, 0.3) is 33.4 Å². The first kappa shape index (κ1) is 20.6. The van der Waals surface area contributed by atoms with E-state index in [1.54, 1.807) is 25.3 Å². The molecular formula is C24H23N7O2. The van der Waals surface area contributed by atoms with Crippen LogP contribution in [0.3, 0.4) is 0 Å². The summed E-state index contributed by atoms with van der Waals surface area (Å²) in [7, 11) is 0. The Hall–Kier alpha value is -4.32. The zero-order valence-electron chi connectivity index (χ0n) is 18.2. The number of anilines is 2. The molecule has 0 radical (unpaired) electrons. The highest BCUT2D eigenvalue weighted by atomic mass is 16.3. The number of benzene rings is 1. The van der Waals surface area contributed by atoms with Crippen LogP contribution in [0.5, 0.6) is 0 Å². The highest BCUT2D eigenvalue weighted by Gasteiger charge is 2.23. The number of aromatic nitrogens is 3. The van der Waals surface area contributed by atoms with E-state index in [1.165, 1.54) is 0 Å². The van der Waals surface area contributed by atoms with E-state index >= 15 is 0 Å². The van der Waals surface area contributed by atoms with Crippen molar-refractivity contribution < 1.29 is 9.21 Å². The van der Waals surface area contributed by atoms with E-state index in [9.17, 15) is 10.1 Å². The average Bonchev–Trinajstić information content (AvgIpc) is 3.48. The molecule has 0 atom stereocenters. The minimum atomic E-state index is 0.115. The Bertz CT molecular complexity index is 1400. The molecule has 1 aromatic carbocycles. The predicted molar refractivity (Wildman–Crippen MR) is 125 cm³/mol. The summed E-state index contributed by atoms with van der Waals surface area (Å²) in [5.41, 5.74) is 15.7. The molecule has 4 aromatic rings. The van der Waals surface area contributed by atoms with E-state index in [-0.39, 0.29) is 11.9 Å². The van der Waals surface area contributed by atoms with Crippen LogP contribution in [0, 0.1) is 11.3 Å². The van der Waals surface area contributed by atoms with Gasteiger partial charge in [-0.3, -0.25) is 9.48 Å². The number of nitrogens with zero attached hydrogens (tertiary/aromatic N) is 5. The molecule has 0 unspecified atom stereocenters. The molecule has 1 aliphatic rings. The molecule has 166 valence electrons. The lowest BCUT2D eigenvalue weighted by Crippen LogP contribution is -2.37. The van der Waals surface area contributed by atoms with Gasteiger partial charge in [0.2, 0.25) is 5.91 Å². The largest absolute Gasteiger partial charge is 0.452 e. The topological polar surface area (TPSA) is 140 Å². The number of carbonyl (C=O) groups is 1. The second-order valence-corrected chi connectivity index (χ2v) is 8.27.